The summed E-state index contributed by atoms with van der Waals surface area (Å²) in [5, 5.41) is 0.128. The molecule has 4 heterocycles. The second-order valence-corrected chi connectivity index (χ2v) is 7.56. The van der Waals surface area contributed by atoms with Crippen molar-refractivity contribution in [3.8, 4) is 0 Å². The van der Waals surface area contributed by atoms with E-state index in [1.54, 1.807) is 6.92 Å². The van der Waals surface area contributed by atoms with Gasteiger partial charge in [-0.2, -0.15) is 22.5 Å². The van der Waals surface area contributed by atoms with E-state index in [2.05, 4.69) is 9.97 Å². The Hall–Kier alpha value is -2.40. The number of halogens is 5. The quantitative estimate of drug-likeness (QED) is 0.520. The molecule has 0 saturated carbocycles. The standard InChI is InChI=1S/C18H18ClF4N5O2/c1-10-9-30-7-6-26(10)15-14(20)16(29)28-12(18(21,22)23)3-5-27(17(28)25-15)11-2-4-24-13(19)8-11/h2,4,8,10,12H,3,5-7,9H2,1H3/t10-,12?/m1/s1. The van der Waals surface area contributed by atoms with Gasteiger partial charge in [-0.25, -0.2) is 4.98 Å². The lowest BCUT2D eigenvalue weighted by Gasteiger charge is -2.39. The van der Waals surface area contributed by atoms with E-state index in [-0.39, 0.29) is 42.7 Å². The first-order valence-electron chi connectivity index (χ1n) is 9.30. The maximum Gasteiger partial charge on any atom is 0.409 e. The second-order valence-electron chi connectivity index (χ2n) is 7.18. The highest BCUT2D eigenvalue weighted by Crippen LogP contribution is 2.41. The van der Waals surface area contributed by atoms with Crippen LogP contribution in [0.4, 0.5) is 35.0 Å². The van der Waals surface area contributed by atoms with E-state index >= 15 is 4.39 Å². The zero-order valence-corrected chi connectivity index (χ0v) is 16.6. The Morgan fingerprint density at radius 2 is 2.07 bits per heavy atom. The van der Waals surface area contributed by atoms with Gasteiger partial charge in [-0.15, -0.1) is 0 Å². The molecule has 162 valence electrons. The number of morpholine rings is 1. The van der Waals surface area contributed by atoms with Gasteiger partial charge in [-0.1, -0.05) is 11.6 Å². The van der Waals surface area contributed by atoms with Gasteiger partial charge in [-0.05, 0) is 25.5 Å². The van der Waals surface area contributed by atoms with Crippen molar-refractivity contribution in [3.05, 3.63) is 39.7 Å². The molecular formula is C18H18ClF4N5O2. The summed E-state index contributed by atoms with van der Waals surface area (Å²) < 4.78 is 61.7. The normalized spacial score (nSPS) is 22.2. The summed E-state index contributed by atoms with van der Waals surface area (Å²) in [5.41, 5.74) is -0.954. The zero-order valence-electron chi connectivity index (χ0n) is 15.9. The van der Waals surface area contributed by atoms with Crippen LogP contribution in [-0.2, 0) is 4.74 Å². The van der Waals surface area contributed by atoms with E-state index in [1.165, 1.54) is 28.1 Å². The topological polar surface area (TPSA) is 63.5 Å². The van der Waals surface area contributed by atoms with Crippen LogP contribution in [0, 0.1) is 5.82 Å². The van der Waals surface area contributed by atoms with Crippen molar-refractivity contribution in [2.75, 3.05) is 36.1 Å². The molecule has 2 aliphatic heterocycles. The number of pyridine rings is 1. The van der Waals surface area contributed by atoms with Gasteiger partial charge in [0.2, 0.25) is 11.8 Å². The summed E-state index contributed by atoms with van der Waals surface area (Å²) in [5.74, 6) is -1.88. The molecule has 1 unspecified atom stereocenters. The summed E-state index contributed by atoms with van der Waals surface area (Å²) in [6, 6.07) is 0.518. The summed E-state index contributed by atoms with van der Waals surface area (Å²) >= 11 is 5.93. The fourth-order valence-corrected chi connectivity index (χ4v) is 3.96. The summed E-state index contributed by atoms with van der Waals surface area (Å²) in [6.07, 6.45) is -3.78. The molecule has 2 aliphatic rings. The number of rotatable bonds is 2. The number of alkyl halides is 3. The predicted octanol–water partition coefficient (Wildman–Crippen LogP) is 3.30. The van der Waals surface area contributed by atoms with Crippen molar-refractivity contribution >= 4 is 29.1 Å². The van der Waals surface area contributed by atoms with Crippen molar-refractivity contribution in [2.45, 2.75) is 31.6 Å². The number of hydrogen-bond donors (Lipinski definition) is 0. The van der Waals surface area contributed by atoms with Gasteiger partial charge in [0.1, 0.15) is 11.2 Å². The van der Waals surface area contributed by atoms with Gasteiger partial charge in [0, 0.05) is 25.0 Å². The fraction of sp³-hybridized carbons (Fsp3) is 0.500. The van der Waals surface area contributed by atoms with Crippen LogP contribution in [-0.4, -0.2) is 53.1 Å². The van der Waals surface area contributed by atoms with Crippen LogP contribution < -0.4 is 15.4 Å². The average Bonchev–Trinajstić information content (AvgIpc) is 2.69. The van der Waals surface area contributed by atoms with Crippen LogP contribution >= 0.6 is 11.6 Å². The van der Waals surface area contributed by atoms with E-state index in [0.717, 1.165) is 0 Å². The summed E-state index contributed by atoms with van der Waals surface area (Å²) in [4.78, 5) is 23.9. The van der Waals surface area contributed by atoms with Gasteiger partial charge < -0.3 is 14.5 Å². The highest BCUT2D eigenvalue weighted by atomic mass is 35.5. The van der Waals surface area contributed by atoms with Crippen LogP contribution in [0.2, 0.25) is 5.15 Å². The Morgan fingerprint density at radius 1 is 1.30 bits per heavy atom. The van der Waals surface area contributed by atoms with E-state index in [0.29, 0.717) is 16.9 Å². The van der Waals surface area contributed by atoms with E-state index in [9.17, 15) is 18.0 Å². The van der Waals surface area contributed by atoms with Gasteiger partial charge >= 0.3 is 6.18 Å². The largest absolute Gasteiger partial charge is 0.409 e. The fourth-order valence-electron chi connectivity index (χ4n) is 3.79. The van der Waals surface area contributed by atoms with Crippen molar-refractivity contribution in [1.82, 2.24) is 14.5 Å². The van der Waals surface area contributed by atoms with Crippen molar-refractivity contribution < 1.29 is 22.3 Å². The third-order valence-electron chi connectivity index (χ3n) is 5.24. The molecule has 0 radical (unpaired) electrons. The average molecular weight is 448 g/mol. The number of aromatic nitrogens is 3. The van der Waals surface area contributed by atoms with Crippen molar-refractivity contribution in [2.24, 2.45) is 0 Å². The molecule has 7 nitrogen and oxygen atoms in total. The highest BCUT2D eigenvalue weighted by Gasteiger charge is 2.47. The molecule has 30 heavy (non-hydrogen) atoms. The minimum Gasteiger partial charge on any atom is -0.377 e. The molecule has 2 aromatic heterocycles. The zero-order chi connectivity index (χ0) is 21.6. The van der Waals surface area contributed by atoms with Crippen molar-refractivity contribution in [3.63, 3.8) is 0 Å². The third-order valence-corrected chi connectivity index (χ3v) is 5.45. The molecular weight excluding hydrogens is 430 g/mol. The van der Waals surface area contributed by atoms with Gasteiger partial charge in [0.15, 0.2) is 5.82 Å². The Balaban J connectivity index is 1.92. The Bertz CT molecular complexity index is 1020. The second kappa shape index (κ2) is 7.69. The first-order valence-corrected chi connectivity index (χ1v) is 9.68. The minimum absolute atomic E-state index is 0.0826. The lowest BCUT2D eigenvalue weighted by Crippen LogP contribution is -2.49. The van der Waals surface area contributed by atoms with Gasteiger partial charge in [-0.3, -0.25) is 9.36 Å². The summed E-state index contributed by atoms with van der Waals surface area (Å²) in [7, 11) is 0. The van der Waals surface area contributed by atoms with Crippen LogP contribution in [0.15, 0.2) is 23.1 Å². The summed E-state index contributed by atoms with van der Waals surface area (Å²) in [6.45, 7) is 2.52. The first kappa shape index (κ1) is 20.9. The third kappa shape index (κ3) is 3.60. The molecule has 1 fully saturated rings. The molecule has 2 aromatic rings. The molecule has 2 atom stereocenters. The molecule has 0 spiro atoms. The van der Waals surface area contributed by atoms with Crippen LogP contribution in [0.1, 0.15) is 19.4 Å². The number of fused-ring (bicyclic) bond motifs is 1. The maximum absolute atomic E-state index is 15.0. The minimum atomic E-state index is -4.73. The molecule has 4 rings (SSSR count). The first-order chi connectivity index (χ1) is 14.2. The van der Waals surface area contributed by atoms with Crippen LogP contribution in [0.3, 0.4) is 0 Å². The number of anilines is 3. The smallest absolute Gasteiger partial charge is 0.377 e. The molecule has 0 aliphatic carbocycles. The van der Waals surface area contributed by atoms with E-state index in [1.807, 2.05) is 0 Å². The molecule has 12 heteroatoms. The van der Waals surface area contributed by atoms with Gasteiger partial charge in [0.05, 0.1) is 19.3 Å². The Morgan fingerprint density at radius 3 is 2.73 bits per heavy atom. The van der Waals surface area contributed by atoms with Gasteiger partial charge in [0.25, 0.3) is 5.56 Å². The van der Waals surface area contributed by atoms with Crippen LogP contribution in [0.5, 0.6) is 0 Å². The maximum atomic E-state index is 15.0. The Labute approximate surface area is 173 Å². The molecule has 1 saturated heterocycles. The van der Waals surface area contributed by atoms with E-state index in [4.69, 9.17) is 16.3 Å². The predicted molar refractivity (Wildman–Crippen MR) is 102 cm³/mol. The van der Waals surface area contributed by atoms with E-state index < -0.39 is 30.0 Å². The monoisotopic (exact) mass is 447 g/mol. The number of hydrogen-bond acceptors (Lipinski definition) is 6. The number of ether oxygens (including phenoxy) is 1. The highest BCUT2D eigenvalue weighted by molar-refractivity contribution is 6.29. The van der Waals surface area contributed by atoms with Crippen LogP contribution in [0.25, 0.3) is 0 Å². The lowest BCUT2D eigenvalue weighted by atomic mass is 10.1. The molecule has 0 bridgehead atoms. The lowest BCUT2D eigenvalue weighted by molar-refractivity contribution is -0.170. The Kier molecular flexibility index (Phi) is 5.35. The molecule has 0 amide bonds. The molecule has 0 aromatic carbocycles. The number of nitrogens with zero attached hydrogens (tertiary/aromatic N) is 5. The molecule has 0 N–H and O–H groups in total. The van der Waals surface area contributed by atoms with Crippen molar-refractivity contribution in [1.29, 1.82) is 0 Å². The SMILES string of the molecule is C[C@@H]1COCCN1c1nc2n(c(=O)c1F)C(C(F)(F)F)CCN2c1ccnc(Cl)c1.